The summed E-state index contributed by atoms with van der Waals surface area (Å²) in [4.78, 5) is 19.3. The minimum Gasteiger partial charge on any atom is -0.493 e. The summed E-state index contributed by atoms with van der Waals surface area (Å²) in [7, 11) is -3.71. The van der Waals surface area contributed by atoms with Crippen LogP contribution in [0, 0.1) is 3.57 Å². The first-order valence-corrected chi connectivity index (χ1v) is 16.0. The lowest BCUT2D eigenvalue weighted by Crippen LogP contribution is -2.51. The van der Waals surface area contributed by atoms with Crippen molar-refractivity contribution in [2.24, 2.45) is 0 Å². The van der Waals surface area contributed by atoms with E-state index in [-0.39, 0.29) is 16.6 Å². The van der Waals surface area contributed by atoms with Crippen LogP contribution in [0.1, 0.15) is 39.5 Å². The number of aromatic amines is 1. The van der Waals surface area contributed by atoms with Crippen molar-refractivity contribution in [2.45, 2.75) is 57.0 Å². The van der Waals surface area contributed by atoms with E-state index >= 15 is 0 Å². The number of hydrogen-bond donors (Lipinski definition) is 1. The predicted molar refractivity (Wildman–Crippen MR) is 157 cm³/mol. The van der Waals surface area contributed by atoms with Gasteiger partial charge in [0.05, 0.1) is 26.3 Å². The van der Waals surface area contributed by atoms with Gasteiger partial charge in [0.2, 0.25) is 10.0 Å². The summed E-state index contributed by atoms with van der Waals surface area (Å²) < 4.78 is 39.4. The van der Waals surface area contributed by atoms with Crippen molar-refractivity contribution in [1.82, 2.24) is 33.4 Å². The second kappa shape index (κ2) is 10.5. The highest BCUT2D eigenvalue weighted by Gasteiger charge is 2.36. The number of halogens is 1. The molecule has 0 radical (unpaired) electrons. The lowest BCUT2D eigenvalue weighted by atomic mass is 10.1. The Morgan fingerprint density at radius 3 is 2.82 bits per heavy atom. The molecule has 0 aliphatic carbocycles. The van der Waals surface area contributed by atoms with Crippen LogP contribution in [-0.2, 0) is 16.6 Å². The highest BCUT2D eigenvalue weighted by atomic mass is 127. The Kier molecular flexibility index (Phi) is 7.18. The van der Waals surface area contributed by atoms with Gasteiger partial charge in [-0.1, -0.05) is 13.8 Å². The summed E-state index contributed by atoms with van der Waals surface area (Å²) in [5.41, 5.74) is 2.95. The molecule has 13 heteroatoms. The number of nitrogens with one attached hydrogen (secondary N) is 1. The molecule has 4 aromatic rings. The SMILES string of the molecule is CCCOc1ccc(S(=O)(=O)N2CCN3CCC[C@@H]3C2)cc1-c1[nH]c2c(c1I)n(CCC)c(=O)n1cnnc21. The van der Waals surface area contributed by atoms with Gasteiger partial charge in [-0.3, -0.25) is 9.47 Å². The summed E-state index contributed by atoms with van der Waals surface area (Å²) in [6, 6.07) is 5.38. The lowest BCUT2D eigenvalue weighted by Gasteiger charge is -2.36. The van der Waals surface area contributed by atoms with Crippen LogP contribution in [0.15, 0.2) is 34.2 Å². The third-order valence-corrected chi connectivity index (χ3v) is 10.6. The van der Waals surface area contributed by atoms with E-state index in [2.05, 4.69) is 42.7 Å². The van der Waals surface area contributed by atoms with Crippen molar-refractivity contribution in [3.63, 3.8) is 0 Å². The second-order valence-electron chi connectivity index (χ2n) is 10.2. The zero-order valence-corrected chi connectivity index (χ0v) is 25.0. The van der Waals surface area contributed by atoms with E-state index in [0.29, 0.717) is 54.4 Å². The zero-order valence-electron chi connectivity index (χ0n) is 22.1. The third-order valence-electron chi connectivity index (χ3n) is 7.71. The molecular formula is C26H32IN7O4S. The molecule has 0 saturated carbocycles. The summed E-state index contributed by atoms with van der Waals surface area (Å²) >= 11 is 2.23. The molecule has 2 saturated heterocycles. The average Bonchev–Trinajstić information content (AvgIpc) is 3.68. The van der Waals surface area contributed by atoms with Gasteiger partial charge in [-0.05, 0) is 73.0 Å². The van der Waals surface area contributed by atoms with Crippen molar-refractivity contribution in [3.05, 3.63) is 38.6 Å². The Labute approximate surface area is 240 Å². The van der Waals surface area contributed by atoms with Crippen molar-refractivity contribution in [3.8, 4) is 17.0 Å². The molecule has 2 fully saturated rings. The van der Waals surface area contributed by atoms with Crippen molar-refractivity contribution in [2.75, 3.05) is 32.8 Å². The molecule has 2 aliphatic rings. The zero-order chi connectivity index (χ0) is 27.3. The Morgan fingerprint density at radius 2 is 2.03 bits per heavy atom. The maximum absolute atomic E-state index is 13.9. The van der Waals surface area contributed by atoms with Crippen molar-refractivity contribution >= 4 is 49.3 Å². The standard InChI is InChI=1S/C26H32IN7O4S/c1-3-9-33-24-21(27)22(29-23(24)25-30-28-16-34(25)26(33)35)19-14-18(7-8-20(19)38-13-4-2)39(36,37)32-12-11-31-10-5-6-17(31)15-32/h7-8,14,16-17,29H,3-6,9-13,15H2,1-2H3/t17-/m1/s1. The molecule has 3 aromatic heterocycles. The van der Waals surface area contributed by atoms with Crippen LogP contribution in [-0.4, -0.2) is 80.6 Å². The van der Waals surface area contributed by atoms with Crippen LogP contribution in [0.3, 0.4) is 0 Å². The second-order valence-corrected chi connectivity index (χ2v) is 13.2. The van der Waals surface area contributed by atoms with Crippen LogP contribution < -0.4 is 10.4 Å². The fraction of sp³-hybridized carbons (Fsp3) is 0.500. The Hall–Kier alpha value is -2.49. The Balaban J connectivity index is 1.51. The number of fused-ring (bicyclic) bond motifs is 4. The third kappa shape index (κ3) is 4.46. The summed E-state index contributed by atoms with van der Waals surface area (Å²) in [5, 5.41) is 8.17. The van der Waals surface area contributed by atoms with E-state index in [0.717, 1.165) is 47.9 Å². The van der Waals surface area contributed by atoms with Gasteiger partial charge in [-0.15, -0.1) is 10.2 Å². The van der Waals surface area contributed by atoms with Crippen molar-refractivity contribution in [1.29, 1.82) is 0 Å². The normalized spacial score (nSPS) is 18.8. The van der Waals surface area contributed by atoms with Crippen LogP contribution in [0.25, 0.3) is 27.9 Å². The number of ether oxygens (including phenoxy) is 1. The number of hydrogen-bond acceptors (Lipinski definition) is 7. The monoisotopic (exact) mass is 665 g/mol. The first-order chi connectivity index (χ1) is 18.8. The molecule has 1 atom stereocenters. The topological polar surface area (TPSA) is 118 Å². The maximum Gasteiger partial charge on any atom is 0.335 e. The van der Waals surface area contributed by atoms with E-state index in [1.807, 2.05) is 13.8 Å². The quantitative estimate of drug-likeness (QED) is 0.287. The van der Waals surface area contributed by atoms with E-state index in [1.165, 1.54) is 10.7 Å². The molecule has 1 aromatic carbocycles. The van der Waals surface area contributed by atoms with Crippen LogP contribution in [0.4, 0.5) is 0 Å². The average molecular weight is 666 g/mol. The fourth-order valence-electron chi connectivity index (χ4n) is 5.80. The molecule has 39 heavy (non-hydrogen) atoms. The number of sulfonamides is 1. The molecule has 5 heterocycles. The molecule has 1 N–H and O–H groups in total. The van der Waals surface area contributed by atoms with Gasteiger partial charge in [0.1, 0.15) is 17.6 Å². The van der Waals surface area contributed by atoms with E-state index in [9.17, 15) is 13.2 Å². The smallest absolute Gasteiger partial charge is 0.335 e. The van der Waals surface area contributed by atoms with E-state index < -0.39 is 10.0 Å². The molecular weight excluding hydrogens is 633 g/mol. The van der Waals surface area contributed by atoms with Gasteiger partial charge >= 0.3 is 5.69 Å². The number of aromatic nitrogens is 5. The molecule has 2 aliphatic heterocycles. The van der Waals surface area contributed by atoms with Crippen LogP contribution in [0.2, 0.25) is 0 Å². The number of rotatable bonds is 8. The molecule has 208 valence electrons. The summed E-state index contributed by atoms with van der Waals surface area (Å²) in [6.07, 6.45) is 5.15. The first kappa shape index (κ1) is 26.7. The van der Waals surface area contributed by atoms with Gasteiger partial charge in [-0.25, -0.2) is 17.6 Å². The number of aryl methyl sites for hydroxylation is 1. The molecule has 11 nitrogen and oxygen atoms in total. The van der Waals surface area contributed by atoms with Gasteiger partial charge in [0, 0.05) is 37.8 Å². The van der Waals surface area contributed by atoms with Gasteiger partial charge in [0.15, 0.2) is 5.65 Å². The Bertz CT molecular complexity index is 1710. The van der Waals surface area contributed by atoms with Gasteiger partial charge in [0.25, 0.3) is 0 Å². The van der Waals surface area contributed by atoms with Crippen LogP contribution >= 0.6 is 22.6 Å². The predicted octanol–water partition coefficient (Wildman–Crippen LogP) is 3.31. The van der Waals surface area contributed by atoms with Gasteiger partial charge in [-0.2, -0.15) is 4.31 Å². The lowest BCUT2D eigenvalue weighted by molar-refractivity contribution is 0.158. The highest BCUT2D eigenvalue weighted by Crippen LogP contribution is 2.39. The number of H-pyrrole nitrogens is 1. The molecule has 6 rings (SSSR count). The summed E-state index contributed by atoms with van der Waals surface area (Å²) in [5.74, 6) is 0.586. The number of piperazine rings is 1. The minimum atomic E-state index is -3.71. The molecule has 0 spiro atoms. The minimum absolute atomic E-state index is 0.211. The van der Waals surface area contributed by atoms with Crippen molar-refractivity contribution < 1.29 is 13.2 Å². The Morgan fingerprint density at radius 1 is 1.18 bits per heavy atom. The van der Waals surface area contributed by atoms with E-state index in [1.54, 1.807) is 27.1 Å². The summed E-state index contributed by atoms with van der Waals surface area (Å²) in [6.45, 7) is 7.88. The first-order valence-electron chi connectivity index (χ1n) is 13.5. The fourth-order valence-corrected chi connectivity index (χ4v) is 8.28. The van der Waals surface area contributed by atoms with E-state index in [4.69, 9.17) is 4.74 Å². The number of benzene rings is 1. The van der Waals surface area contributed by atoms with Crippen LogP contribution in [0.5, 0.6) is 5.75 Å². The highest BCUT2D eigenvalue weighted by molar-refractivity contribution is 14.1. The largest absolute Gasteiger partial charge is 0.493 e. The van der Waals surface area contributed by atoms with Gasteiger partial charge < -0.3 is 9.72 Å². The molecule has 0 bridgehead atoms. The molecule has 0 amide bonds. The maximum atomic E-state index is 13.9. The number of nitrogens with zero attached hydrogens (tertiary/aromatic N) is 6. The molecule has 0 unspecified atom stereocenters.